The molecule has 0 aliphatic heterocycles. The van der Waals surface area contributed by atoms with E-state index in [1.807, 2.05) is 0 Å². The van der Waals surface area contributed by atoms with E-state index in [4.69, 9.17) is 5.41 Å². The molecule has 4 aromatic rings. The molecular formula is C26H23F4N3O3S. The van der Waals surface area contributed by atoms with Crippen LogP contribution in [-0.2, 0) is 15.6 Å². The highest BCUT2D eigenvalue weighted by atomic mass is 32.2. The number of nitrogens with one attached hydrogen (secondary N) is 2. The lowest BCUT2D eigenvalue weighted by atomic mass is 9.84. The summed E-state index contributed by atoms with van der Waals surface area (Å²) in [6.45, 7) is 2.81. The van der Waals surface area contributed by atoms with Crippen LogP contribution in [0.3, 0.4) is 0 Å². The normalized spacial score (nSPS) is 14.1. The first-order chi connectivity index (χ1) is 17.3. The van der Waals surface area contributed by atoms with Crippen molar-refractivity contribution >= 4 is 38.5 Å². The van der Waals surface area contributed by atoms with Crippen molar-refractivity contribution in [2.24, 2.45) is 0 Å². The SMILES string of the molecule is CC(C)S(=O)(=O)n1cc(C(O)(c2ccc(Nc3ccc(F)cc3)c(C=N)c2)C(F)(F)F)c2ccccc21. The lowest BCUT2D eigenvalue weighted by molar-refractivity contribution is -0.247. The van der Waals surface area contributed by atoms with E-state index in [0.29, 0.717) is 5.69 Å². The summed E-state index contributed by atoms with van der Waals surface area (Å²) >= 11 is 0. The molecule has 0 spiro atoms. The quantitative estimate of drug-likeness (QED) is 0.203. The molecule has 1 unspecified atom stereocenters. The van der Waals surface area contributed by atoms with Crippen molar-refractivity contribution in [1.82, 2.24) is 3.97 Å². The van der Waals surface area contributed by atoms with Gasteiger partial charge in [0.05, 0.1) is 10.8 Å². The van der Waals surface area contributed by atoms with Gasteiger partial charge in [0.25, 0.3) is 0 Å². The van der Waals surface area contributed by atoms with Crippen molar-refractivity contribution in [1.29, 1.82) is 5.41 Å². The maximum atomic E-state index is 14.7. The molecule has 0 bridgehead atoms. The fourth-order valence-electron chi connectivity index (χ4n) is 4.06. The van der Waals surface area contributed by atoms with Crippen LogP contribution in [0.15, 0.2) is 72.9 Å². The second-order valence-corrected chi connectivity index (χ2v) is 11.1. The molecule has 1 heterocycles. The third-order valence-corrected chi connectivity index (χ3v) is 8.14. The van der Waals surface area contributed by atoms with E-state index in [9.17, 15) is 31.1 Å². The summed E-state index contributed by atoms with van der Waals surface area (Å²) in [6, 6.07) is 14.2. The number of para-hydroxylation sites is 1. The number of nitrogens with zero attached hydrogens (tertiary/aromatic N) is 1. The van der Waals surface area contributed by atoms with Crippen LogP contribution in [0.2, 0.25) is 0 Å². The molecule has 0 saturated heterocycles. The third-order valence-electron chi connectivity index (χ3n) is 6.10. The summed E-state index contributed by atoms with van der Waals surface area (Å²) in [4.78, 5) is 0. The van der Waals surface area contributed by atoms with Gasteiger partial charge >= 0.3 is 6.18 Å². The van der Waals surface area contributed by atoms with Gasteiger partial charge in [0.2, 0.25) is 15.6 Å². The minimum absolute atomic E-state index is 0.00394. The van der Waals surface area contributed by atoms with Gasteiger partial charge in [-0.15, -0.1) is 0 Å². The van der Waals surface area contributed by atoms with E-state index >= 15 is 0 Å². The molecular weight excluding hydrogens is 510 g/mol. The van der Waals surface area contributed by atoms with Gasteiger partial charge in [-0.25, -0.2) is 16.8 Å². The van der Waals surface area contributed by atoms with E-state index in [2.05, 4.69) is 5.32 Å². The second-order valence-electron chi connectivity index (χ2n) is 8.74. The van der Waals surface area contributed by atoms with E-state index in [1.54, 1.807) is 0 Å². The number of rotatable bonds is 7. The number of aliphatic hydroxyl groups is 1. The zero-order valence-corrected chi connectivity index (χ0v) is 20.5. The van der Waals surface area contributed by atoms with Crippen LogP contribution in [0.4, 0.5) is 28.9 Å². The standard InChI is InChI=1S/C26H23F4N3O3S/c1-16(2)37(35,36)33-15-22(21-5-3-4-6-24(21)33)25(34,26(28,29)30)18-7-12-23(17(13-18)14-31)32-20-10-8-19(27)9-11-20/h3-16,31-32,34H,1-2H3. The largest absolute Gasteiger partial charge is 0.425 e. The van der Waals surface area contributed by atoms with Gasteiger partial charge in [0, 0.05) is 40.3 Å². The van der Waals surface area contributed by atoms with Crippen LogP contribution in [-0.4, -0.2) is 35.1 Å². The van der Waals surface area contributed by atoms with Crippen LogP contribution >= 0.6 is 0 Å². The van der Waals surface area contributed by atoms with Crippen LogP contribution in [0.1, 0.15) is 30.5 Å². The minimum atomic E-state index is -5.26. The van der Waals surface area contributed by atoms with Crippen LogP contribution in [0.5, 0.6) is 0 Å². The Labute approximate surface area is 210 Å². The average molecular weight is 534 g/mol. The summed E-state index contributed by atoms with van der Waals surface area (Å²) in [5, 5.41) is 21.0. The molecule has 0 fully saturated rings. The molecule has 3 aromatic carbocycles. The molecule has 0 aliphatic rings. The summed E-state index contributed by atoms with van der Waals surface area (Å²) in [5.74, 6) is -0.470. The van der Waals surface area contributed by atoms with E-state index < -0.39 is 44.0 Å². The van der Waals surface area contributed by atoms with Gasteiger partial charge in [-0.1, -0.05) is 24.3 Å². The highest BCUT2D eigenvalue weighted by molar-refractivity contribution is 7.90. The van der Waals surface area contributed by atoms with Crippen molar-refractivity contribution in [3.8, 4) is 0 Å². The number of hydrogen-bond donors (Lipinski definition) is 3. The monoisotopic (exact) mass is 533 g/mol. The zero-order valence-electron chi connectivity index (χ0n) is 19.7. The second kappa shape index (κ2) is 9.31. The number of aromatic nitrogens is 1. The molecule has 4 rings (SSSR count). The van der Waals surface area contributed by atoms with Gasteiger partial charge in [-0.3, -0.25) is 0 Å². The van der Waals surface area contributed by atoms with Crippen molar-refractivity contribution in [2.75, 3.05) is 5.32 Å². The van der Waals surface area contributed by atoms with Crippen LogP contribution in [0, 0.1) is 11.2 Å². The fourth-order valence-corrected chi connectivity index (χ4v) is 5.20. The number of hydrogen-bond acceptors (Lipinski definition) is 5. The molecule has 0 radical (unpaired) electrons. The molecule has 37 heavy (non-hydrogen) atoms. The van der Waals surface area contributed by atoms with Crippen LogP contribution in [0.25, 0.3) is 10.9 Å². The zero-order chi connectivity index (χ0) is 27.2. The number of benzene rings is 3. The highest BCUT2D eigenvalue weighted by Gasteiger charge is 2.58. The molecule has 1 aromatic heterocycles. The first-order valence-electron chi connectivity index (χ1n) is 11.1. The molecule has 11 heteroatoms. The fraction of sp³-hybridized carbons (Fsp3) is 0.192. The summed E-state index contributed by atoms with van der Waals surface area (Å²) in [6.07, 6.45) is -3.63. The van der Waals surface area contributed by atoms with E-state index in [-0.39, 0.29) is 22.2 Å². The number of fused-ring (bicyclic) bond motifs is 1. The molecule has 194 valence electrons. The van der Waals surface area contributed by atoms with Gasteiger partial charge in [-0.2, -0.15) is 13.2 Å². The maximum Gasteiger partial charge on any atom is 0.425 e. The Morgan fingerprint density at radius 2 is 1.68 bits per heavy atom. The summed E-state index contributed by atoms with van der Waals surface area (Å²) in [5.41, 5.74) is -4.16. The molecule has 3 N–H and O–H groups in total. The van der Waals surface area contributed by atoms with Crippen molar-refractivity contribution in [3.63, 3.8) is 0 Å². The Balaban J connectivity index is 1.93. The van der Waals surface area contributed by atoms with E-state index in [1.165, 1.54) is 68.4 Å². The molecule has 0 saturated carbocycles. The van der Waals surface area contributed by atoms with Gasteiger partial charge in [0.15, 0.2) is 0 Å². The lowest BCUT2D eigenvalue weighted by Gasteiger charge is -2.31. The van der Waals surface area contributed by atoms with Crippen molar-refractivity contribution < 1.29 is 31.1 Å². The Morgan fingerprint density at radius 1 is 1.03 bits per heavy atom. The first kappa shape index (κ1) is 26.4. The lowest BCUT2D eigenvalue weighted by Crippen LogP contribution is -2.43. The molecule has 0 amide bonds. The summed E-state index contributed by atoms with van der Waals surface area (Å²) < 4.78 is 83.9. The maximum absolute atomic E-state index is 14.7. The Morgan fingerprint density at radius 3 is 2.27 bits per heavy atom. The predicted octanol–water partition coefficient (Wildman–Crippen LogP) is 5.91. The predicted molar refractivity (Wildman–Crippen MR) is 134 cm³/mol. The smallest absolute Gasteiger partial charge is 0.372 e. The highest BCUT2D eigenvalue weighted by Crippen LogP contribution is 2.48. The topological polar surface area (TPSA) is 95.2 Å². The summed E-state index contributed by atoms with van der Waals surface area (Å²) in [7, 11) is -4.06. The number of alkyl halides is 3. The van der Waals surface area contributed by atoms with Crippen molar-refractivity contribution in [2.45, 2.75) is 30.9 Å². The molecule has 6 nitrogen and oxygen atoms in total. The van der Waals surface area contributed by atoms with Crippen LogP contribution < -0.4 is 5.32 Å². The Hall–Kier alpha value is -3.70. The average Bonchev–Trinajstić information content (AvgIpc) is 3.25. The Kier molecular flexibility index (Phi) is 6.63. The van der Waals surface area contributed by atoms with Crippen molar-refractivity contribution in [3.05, 3.63) is 95.4 Å². The van der Waals surface area contributed by atoms with Gasteiger partial charge in [-0.05, 0) is 61.9 Å². The third kappa shape index (κ3) is 4.49. The van der Waals surface area contributed by atoms with Gasteiger partial charge < -0.3 is 15.8 Å². The van der Waals surface area contributed by atoms with E-state index in [0.717, 1.165) is 28.5 Å². The molecule has 1 atom stereocenters. The first-order valence-corrected chi connectivity index (χ1v) is 12.6. The number of anilines is 2. The molecule has 0 aliphatic carbocycles. The van der Waals surface area contributed by atoms with Gasteiger partial charge in [0.1, 0.15) is 5.82 Å². The Bertz CT molecular complexity index is 1580. The number of halogens is 4. The minimum Gasteiger partial charge on any atom is -0.372 e.